The molecule has 1 aromatic carbocycles. The molecule has 33 heavy (non-hydrogen) atoms. The quantitative estimate of drug-likeness (QED) is 0.269. The summed E-state index contributed by atoms with van der Waals surface area (Å²) >= 11 is 2.69. The third kappa shape index (κ3) is 5.81. The fourth-order valence-corrected chi connectivity index (χ4v) is 4.52. The molecular formula is C19H20F3N9S2. The molecule has 0 aliphatic heterocycles. The molecule has 3 heterocycles. The molecule has 0 bridgehead atoms. The van der Waals surface area contributed by atoms with E-state index in [-0.39, 0.29) is 0 Å². The van der Waals surface area contributed by atoms with E-state index in [0.29, 0.717) is 28.4 Å². The van der Waals surface area contributed by atoms with E-state index in [4.69, 9.17) is 0 Å². The predicted molar refractivity (Wildman–Crippen MR) is 117 cm³/mol. The molecular weight excluding hydrogens is 475 g/mol. The number of halogens is 3. The Balaban J connectivity index is 1.51. The van der Waals surface area contributed by atoms with Crippen molar-refractivity contribution in [2.24, 2.45) is 0 Å². The molecule has 0 atom stereocenters. The molecule has 9 nitrogen and oxygen atoms in total. The smallest absolute Gasteiger partial charge is 0.308 e. The van der Waals surface area contributed by atoms with Gasteiger partial charge in [-0.3, -0.25) is 0 Å². The third-order valence-electron chi connectivity index (χ3n) is 4.49. The van der Waals surface area contributed by atoms with Gasteiger partial charge in [-0.05, 0) is 67.0 Å². The maximum atomic E-state index is 12.7. The Bertz CT molecular complexity index is 1240. The highest BCUT2D eigenvalue weighted by atomic mass is 32.2. The highest BCUT2D eigenvalue weighted by Crippen LogP contribution is 2.31. The fourth-order valence-electron chi connectivity index (χ4n) is 2.81. The molecule has 4 aromatic rings. The van der Waals surface area contributed by atoms with Crippen LogP contribution < -0.4 is 0 Å². The first kappa shape index (κ1) is 23.4. The van der Waals surface area contributed by atoms with E-state index in [2.05, 4.69) is 30.6 Å². The summed E-state index contributed by atoms with van der Waals surface area (Å²) in [6, 6.07) is 6.95. The first-order chi connectivity index (χ1) is 15.7. The normalized spacial score (nSPS) is 12.2. The number of likely N-dealkylation sites (N-methyl/N-ethyl adjacent to an activating group) is 1. The summed E-state index contributed by atoms with van der Waals surface area (Å²) < 4.78 is 41.6. The lowest BCUT2D eigenvalue weighted by atomic mass is 10.1. The minimum atomic E-state index is -4.35. The van der Waals surface area contributed by atoms with Gasteiger partial charge in [-0.2, -0.15) is 22.7 Å². The summed E-state index contributed by atoms with van der Waals surface area (Å²) in [6.45, 7) is 3.29. The van der Waals surface area contributed by atoms with Crippen LogP contribution in [-0.4, -0.2) is 65.3 Å². The Morgan fingerprint density at radius 2 is 1.85 bits per heavy atom. The number of aryl methyl sites for hydroxylation is 1. The number of nitrogens with zero attached hydrogens (tertiary/aromatic N) is 9. The molecule has 174 valence electrons. The second-order valence-corrected chi connectivity index (χ2v) is 9.35. The molecule has 0 N–H and O–H groups in total. The summed E-state index contributed by atoms with van der Waals surface area (Å²) in [5.74, 6) is 0.860. The molecule has 0 radical (unpaired) electrons. The van der Waals surface area contributed by atoms with Crippen molar-refractivity contribution in [3.8, 4) is 0 Å². The standard InChI is InChI=1S/C19H20F3N9S2/c1-12-10-15(33-18-25-27-28-30(18)9-8-29(2)3)31-16(23-12)24-17(26-31)32-11-13-4-6-14(7-5-13)19(20,21)22/h4-7,10H,8-9,11H2,1-3H3. The Morgan fingerprint density at radius 3 is 2.55 bits per heavy atom. The van der Waals surface area contributed by atoms with Crippen LogP contribution in [0, 0.1) is 6.92 Å². The lowest BCUT2D eigenvalue weighted by Crippen LogP contribution is -2.19. The van der Waals surface area contributed by atoms with Crippen molar-refractivity contribution in [3.05, 3.63) is 47.2 Å². The van der Waals surface area contributed by atoms with Gasteiger partial charge in [-0.15, -0.1) is 10.2 Å². The Morgan fingerprint density at radius 1 is 1.09 bits per heavy atom. The average Bonchev–Trinajstić information content (AvgIpc) is 3.36. The molecule has 14 heteroatoms. The van der Waals surface area contributed by atoms with Gasteiger partial charge in [0.1, 0.15) is 5.03 Å². The second-order valence-electron chi connectivity index (χ2n) is 7.42. The first-order valence-electron chi connectivity index (χ1n) is 9.81. The fraction of sp³-hybridized carbons (Fsp3) is 0.368. The van der Waals surface area contributed by atoms with Gasteiger partial charge in [0.2, 0.25) is 10.3 Å². The van der Waals surface area contributed by atoms with E-state index in [1.807, 2.05) is 32.0 Å². The summed E-state index contributed by atoms with van der Waals surface area (Å²) in [5, 5.41) is 18.3. The second kappa shape index (κ2) is 9.65. The molecule has 0 spiro atoms. The van der Waals surface area contributed by atoms with Gasteiger partial charge in [-0.1, -0.05) is 23.9 Å². The van der Waals surface area contributed by atoms with E-state index in [9.17, 15) is 13.2 Å². The molecule has 0 fully saturated rings. The van der Waals surface area contributed by atoms with Crippen molar-refractivity contribution in [3.63, 3.8) is 0 Å². The van der Waals surface area contributed by atoms with Crippen LogP contribution in [0.25, 0.3) is 5.78 Å². The molecule has 0 saturated carbocycles. The molecule has 0 unspecified atom stereocenters. The minimum absolute atomic E-state index is 0.430. The van der Waals surface area contributed by atoms with Crippen LogP contribution in [0.2, 0.25) is 0 Å². The van der Waals surface area contributed by atoms with Crippen LogP contribution in [0.1, 0.15) is 16.8 Å². The summed E-state index contributed by atoms with van der Waals surface area (Å²) in [5.41, 5.74) is 0.839. The van der Waals surface area contributed by atoms with Crippen molar-refractivity contribution in [2.45, 2.75) is 40.7 Å². The monoisotopic (exact) mass is 495 g/mol. The topological polar surface area (TPSA) is 89.9 Å². The van der Waals surface area contributed by atoms with Gasteiger partial charge in [-0.25, -0.2) is 9.67 Å². The van der Waals surface area contributed by atoms with E-state index in [1.54, 1.807) is 9.20 Å². The van der Waals surface area contributed by atoms with Crippen molar-refractivity contribution in [2.75, 3.05) is 20.6 Å². The lowest BCUT2D eigenvalue weighted by Gasteiger charge is -2.10. The number of aromatic nitrogens is 8. The highest BCUT2D eigenvalue weighted by Gasteiger charge is 2.29. The van der Waals surface area contributed by atoms with E-state index >= 15 is 0 Å². The van der Waals surface area contributed by atoms with Crippen molar-refractivity contribution in [1.82, 2.24) is 44.7 Å². The number of benzene rings is 1. The number of tetrazole rings is 1. The van der Waals surface area contributed by atoms with Crippen LogP contribution in [0.5, 0.6) is 0 Å². The largest absolute Gasteiger partial charge is 0.416 e. The summed E-state index contributed by atoms with van der Waals surface area (Å²) in [7, 11) is 3.96. The van der Waals surface area contributed by atoms with Crippen LogP contribution in [0.15, 0.2) is 45.7 Å². The third-order valence-corrected chi connectivity index (χ3v) is 6.37. The van der Waals surface area contributed by atoms with E-state index in [0.717, 1.165) is 35.0 Å². The van der Waals surface area contributed by atoms with Crippen LogP contribution in [0.4, 0.5) is 13.2 Å². The zero-order valence-electron chi connectivity index (χ0n) is 18.0. The van der Waals surface area contributed by atoms with Crippen LogP contribution in [0.3, 0.4) is 0 Å². The predicted octanol–water partition coefficient (Wildman–Crippen LogP) is 3.44. The number of thioether (sulfide) groups is 1. The SMILES string of the molecule is Cc1cc(Sc2nnnn2CCN(C)C)n2nc(SCc3ccc(C(F)(F)F)cc3)nc2n1. The average molecular weight is 496 g/mol. The van der Waals surface area contributed by atoms with Gasteiger partial charge in [0.05, 0.1) is 12.1 Å². The zero-order chi connectivity index (χ0) is 23.6. The van der Waals surface area contributed by atoms with E-state index in [1.165, 1.54) is 35.7 Å². The highest BCUT2D eigenvalue weighted by molar-refractivity contribution is 7.99. The number of hydrogen-bond donors (Lipinski definition) is 0. The number of rotatable bonds is 8. The molecule has 3 aromatic heterocycles. The molecule has 0 aliphatic carbocycles. The lowest BCUT2D eigenvalue weighted by molar-refractivity contribution is -0.137. The van der Waals surface area contributed by atoms with E-state index < -0.39 is 11.7 Å². The van der Waals surface area contributed by atoms with Crippen molar-refractivity contribution >= 4 is 29.3 Å². The summed E-state index contributed by atoms with van der Waals surface area (Å²) in [4.78, 5) is 10.9. The van der Waals surface area contributed by atoms with Crippen molar-refractivity contribution < 1.29 is 13.2 Å². The number of alkyl halides is 3. The Hall–Kier alpha value is -2.71. The van der Waals surface area contributed by atoms with Gasteiger partial charge >= 0.3 is 6.18 Å². The molecule has 0 amide bonds. The zero-order valence-corrected chi connectivity index (χ0v) is 19.6. The molecule has 4 rings (SSSR count). The van der Waals surface area contributed by atoms with Crippen LogP contribution in [-0.2, 0) is 18.5 Å². The maximum absolute atomic E-state index is 12.7. The van der Waals surface area contributed by atoms with Crippen LogP contribution >= 0.6 is 23.5 Å². The van der Waals surface area contributed by atoms with Gasteiger partial charge < -0.3 is 4.90 Å². The molecule has 0 saturated heterocycles. The Kier molecular flexibility index (Phi) is 6.86. The first-order valence-corrected chi connectivity index (χ1v) is 11.6. The van der Waals surface area contributed by atoms with Crippen molar-refractivity contribution in [1.29, 1.82) is 0 Å². The summed E-state index contributed by atoms with van der Waals surface area (Å²) in [6.07, 6.45) is -4.35. The maximum Gasteiger partial charge on any atom is 0.416 e. The van der Waals surface area contributed by atoms with Gasteiger partial charge in [0.25, 0.3) is 5.78 Å². The minimum Gasteiger partial charge on any atom is -0.308 e. The number of hydrogen-bond acceptors (Lipinski definition) is 9. The van der Waals surface area contributed by atoms with Gasteiger partial charge in [0.15, 0.2) is 0 Å². The molecule has 0 aliphatic rings. The number of fused-ring (bicyclic) bond motifs is 1. The Labute approximate surface area is 195 Å². The van der Waals surface area contributed by atoms with Gasteiger partial charge in [0, 0.05) is 18.0 Å².